The van der Waals surface area contributed by atoms with Gasteiger partial charge < -0.3 is 4.57 Å². The van der Waals surface area contributed by atoms with Crippen LogP contribution >= 0.6 is 11.8 Å². The summed E-state index contributed by atoms with van der Waals surface area (Å²) >= 11 is 1.67. The molecule has 2 aliphatic carbocycles. The predicted octanol–water partition coefficient (Wildman–Crippen LogP) is 3.76. The Bertz CT molecular complexity index is 702. The van der Waals surface area contributed by atoms with Crippen molar-refractivity contribution in [2.24, 2.45) is 0 Å². The molecule has 1 heterocycles. The largest absolute Gasteiger partial charge is 0.302 e. The number of hydrogen-bond donors (Lipinski definition) is 0. The smallest absolute Gasteiger partial charge is 0.196 e. The Kier molecular flexibility index (Phi) is 3.10. The first-order valence-corrected chi connectivity index (χ1v) is 8.26. The highest BCUT2D eigenvalue weighted by Gasteiger charge is 2.36. The maximum absolute atomic E-state index is 10.8. The van der Waals surface area contributed by atoms with Crippen LogP contribution in [0.2, 0.25) is 0 Å². The first-order chi connectivity index (χ1) is 10.3. The van der Waals surface area contributed by atoms with E-state index in [1.165, 1.54) is 31.5 Å². The molecule has 1 aromatic heterocycles. The van der Waals surface area contributed by atoms with Crippen LogP contribution in [0, 0.1) is 6.92 Å². The van der Waals surface area contributed by atoms with Gasteiger partial charge in [0.15, 0.2) is 5.16 Å². The van der Waals surface area contributed by atoms with E-state index in [4.69, 9.17) is 0 Å². The van der Waals surface area contributed by atoms with Gasteiger partial charge >= 0.3 is 0 Å². The van der Waals surface area contributed by atoms with Gasteiger partial charge in [0.1, 0.15) is 12.1 Å². The minimum Gasteiger partial charge on any atom is -0.302 e. The number of aryl methyl sites for hydroxylation is 1. The van der Waals surface area contributed by atoms with Gasteiger partial charge in [-0.05, 0) is 62.1 Å². The van der Waals surface area contributed by atoms with Gasteiger partial charge in [-0.1, -0.05) is 6.07 Å². The average molecular weight is 299 g/mol. The minimum atomic E-state index is 0.604. The number of hydrogen-bond acceptors (Lipinski definition) is 4. The molecule has 0 bridgehead atoms. The summed E-state index contributed by atoms with van der Waals surface area (Å²) in [6, 6.07) is 6.40. The van der Waals surface area contributed by atoms with Crippen molar-refractivity contribution in [2.45, 2.75) is 54.6 Å². The van der Waals surface area contributed by atoms with Crippen molar-refractivity contribution in [3.63, 3.8) is 0 Å². The van der Waals surface area contributed by atoms with E-state index in [0.717, 1.165) is 27.5 Å². The van der Waals surface area contributed by atoms with Crippen molar-refractivity contribution >= 4 is 18.0 Å². The summed E-state index contributed by atoms with van der Waals surface area (Å²) in [5.41, 5.74) is 1.84. The number of rotatable bonds is 5. The fraction of sp³-hybridized carbons (Fsp3) is 0.438. The molecule has 0 amide bonds. The van der Waals surface area contributed by atoms with E-state index >= 15 is 0 Å². The molecule has 0 unspecified atom stereocenters. The zero-order valence-corrected chi connectivity index (χ0v) is 12.8. The zero-order valence-electron chi connectivity index (χ0n) is 12.0. The number of aldehydes is 1. The van der Waals surface area contributed by atoms with Crippen molar-refractivity contribution in [3.05, 3.63) is 35.2 Å². The number of nitrogens with zero attached hydrogens (tertiary/aromatic N) is 3. The number of benzene rings is 1. The molecule has 2 aromatic rings. The lowest BCUT2D eigenvalue weighted by Gasteiger charge is -2.09. The van der Waals surface area contributed by atoms with Gasteiger partial charge in [-0.25, -0.2) is 0 Å². The molecule has 0 N–H and O–H groups in total. The fourth-order valence-electron chi connectivity index (χ4n) is 2.61. The van der Waals surface area contributed by atoms with Gasteiger partial charge in [-0.3, -0.25) is 4.79 Å². The highest BCUT2D eigenvalue weighted by atomic mass is 32.2. The van der Waals surface area contributed by atoms with Crippen LogP contribution < -0.4 is 0 Å². The quantitative estimate of drug-likeness (QED) is 0.789. The third-order valence-electron chi connectivity index (χ3n) is 4.08. The van der Waals surface area contributed by atoms with Gasteiger partial charge in [0.2, 0.25) is 0 Å². The van der Waals surface area contributed by atoms with Crippen LogP contribution in [0.5, 0.6) is 0 Å². The Morgan fingerprint density at radius 2 is 2.05 bits per heavy atom. The average Bonchev–Trinajstić information content (AvgIpc) is 3.40. The second-order valence-corrected chi connectivity index (χ2v) is 6.97. The number of carbonyl (C=O) groups is 1. The molecule has 2 aliphatic rings. The summed E-state index contributed by atoms with van der Waals surface area (Å²) in [6.07, 6.45) is 5.88. The van der Waals surface area contributed by atoms with E-state index in [1.807, 2.05) is 25.1 Å². The van der Waals surface area contributed by atoms with Gasteiger partial charge in [-0.15, -0.1) is 10.2 Å². The second-order valence-electron chi connectivity index (χ2n) is 5.96. The lowest BCUT2D eigenvalue weighted by molar-refractivity contribution is 0.112. The molecule has 0 atom stereocenters. The SMILES string of the molecule is Cc1cc(C=O)ccc1Sc1nnc(C2CC2)n1C1CC1. The van der Waals surface area contributed by atoms with Gasteiger partial charge in [-0.2, -0.15) is 0 Å². The van der Waals surface area contributed by atoms with Crippen LogP contribution in [-0.4, -0.2) is 21.1 Å². The zero-order chi connectivity index (χ0) is 14.4. The molecule has 0 saturated heterocycles. The molecule has 4 nitrogen and oxygen atoms in total. The first kappa shape index (κ1) is 13.1. The standard InChI is InChI=1S/C16H17N3OS/c1-10-8-11(9-20)2-7-14(10)21-16-18-17-15(12-3-4-12)19(16)13-5-6-13/h2,7-9,12-13H,3-6H2,1H3. The molecule has 5 heteroatoms. The normalized spacial score (nSPS) is 18.0. The Balaban J connectivity index is 1.66. The van der Waals surface area contributed by atoms with Crippen LogP contribution in [0.15, 0.2) is 28.3 Å². The van der Waals surface area contributed by atoms with Crippen molar-refractivity contribution in [1.82, 2.24) is 14.8 Å². The van der Waals surface area contributed by atoms with Crippen molar-refractivity contribution in [2.75, 3.05) is 0 Å². The third kappa shape index (κ3) is 2.50. The molecule has 0 radical (unpaired) electrons. The highest BCUT2D eigenvalue weighted by molar-refractivity contribution is 7.99. The predicted molar refractivity (Wildman–Crippen MR) is 81.0 cm³/mol. The van der Waals surface area contributed by atoms with Gasteiger partial charge in [0, 0.05) is 22.4 Å². The molecule has 2 saturated carbocycles. The number of aromatic nitrogens is 3. The molecule has 0 spiro atoms. The van der Waals surface area contributed by atoms with Crippen LogP contribution in [0.1, 0.15) is 59.4 Å². The summed E-state index contributed by atoms with van der Waals surface area (Å²) in [5.74, 6) is 1.81. The Morgan fingerprint density at radius 3 is 2.67 bits per heavy atom. The first-order valence-electron chi connectivity index (χ1n) is 7.44. The van der Waals surface area contributed by atoms with E-state index < -0.39 is 0 Å². The summed E-state index contributed by atoms with van der Waals surface area (Å²) in [4.78, 5) is 12.0. The van der Waals surface area contributed by atoms with E-state index in [1.54, 1.807) is 11.8 Å². The van der Waals surface area contributed by atoms with Crippen molar-refractivity contribution < 1.29 is 4.79 Å². The van der Waals surface area contributed by atoms with Crippen LogP contribution in [0.4, 0.5) is 0 Å². The van der Waals surface area contributed by atoms with E-state index in [9.17, 15) is 4.79 Å². The third-order valence-corrected chi connectivity index (χ3v) is 5.22. The van der Waals surface area contributed by atoms with Gasteiger partial charge in [0.25, 0.3) is 0 Å². The summed E-state index contributed by atoms with van der Waals surface area (Å²) in [6.45, 7) is 2.04. The van der Waals surface area contributed by atoms with E-state index in [2.05, 4.69) is 14.8 Å². The summed E-state index contributed by atoms with van der Waals surface area (Å²) < 4.78 is 2.36. The van der Waals surface area contributed by atoms with Crippen LogP contribution in [0.3, 0.4) is 0 Å². The Hall–Kier alpha value is -1.62. The van der Waals surface area contributed by atoms with Crippen LogP contribution in [-0.2, 0) is 0 Å². The molecule has 1 aromatic carbocycles. The second kappa shape index (κ2) is 4.98. The molecular formula is C16H17N3OS. The summed E-state index contributed by atoms with van der Waals surface area (Å²) in [5, 5.41) is 9.86. The molecule has 2 fully saturated rings. The lowest BCUT2D eigenvalue weighted by Crippen LogP contribution is -2.01. The van der Waals surface area contributed by atoms with E-state index in [-0.39, 0.29) is 0 Å². The maximum atomic E-state index is 10.8. The molecule has 4 rings (SSSR count). The van der Waals surface area contributed by atoms with Gasteiger partial charge in [0.05, 0.1) is 0 Å². The topological polar surface area (TPSA) is 47.8 Å². The maximum Gasteiger partial charge on any atom is 0.196 e. The summed E-state index contributed by atoms with van der Waals surface area (Å²) in [7, 11) is 0. The molecule has 0 aliphatic heterocycles. The van der Waals surface area contributed by atoms with Crippen molar-refractivity contribution in [1.29, 1.82) is 0 Å². The Labute approximate surface area is 128 Å². The minimum absolute atomic E-state index is 0.604. The van der Waals surface area contributed by atoms with Crippen molar-refractivity contribution in [3.8, 4) is 0 Å². The Morgan fingerprint density at radius 1 is 1.24 bits per heavy atom. The lowest BCUT2D eigenvalue weighted by atomic mass is 10.2. The fourth-order valence-corrected chi connectivity index (χ4v) is 3.59. The number of carbonyl (C=O) groups excluding carboxylic acids is 1. The van der Waals surface area contributed by atoms with E-state index in [0.29, 0.717) is 12.0 Å². The van der Waals surface area contributed by atoms with Crippen LogP contribution in [0.25, 0.3) is 0 Å². The monoisotopic (exact) mass is 299 g/mol. The molecular weight excluding hydrogens is 282 g/mol. The highest BCUT2D eigenvalue weighted by Crippen LogP contribution is 2.46. The molecule has 21 heavy (non-hydrogen) atoms. The molecule has 108 valence electrons.